The molecule has 0 unspecified atom stereocenters. The van der Waals surface area contributed by atoms with Crippen molar-refractivity contribution < 1.29 is 13.5 Å². The Hall–Kier alpha value is -0.870. The maximum Gasteiger partial charge on any atom is 0.202 e. The van der Waals surface area contributed by atoms with Gasteiger partial charge in [0, 0.05) is 11.1 Å². The first kappa shape index (κ1) is 13.6. The second-order valence-corrected chi connectivity index (χ2v) is 5.19. The van der Waals surface area contributed by atoms with Crippen molar-refractivity contribution in [1.82, 2.24) is 0 Å². The number of rotatable bonds is 2. The Labute approximate surface area is 110 Å². The smallest absolute Gasteiger partial charge is 0.202 e. The van der Waals surface area contributed by atoms with Crippen LogP contribution < -0.4 is 10.5 Å². The quantitative estimate of drug-likeness (QED) is 0.835. The van der Waals surface area contributed by atoms with Crippen LogP contribution in [-0.4, -0.2) is 7.11 Å². The molecule has 1 saturated carbocycles. The van der Waals surface area contributed by atoms with Crippen LogP contribution in [0.25, 0.3) is 0 Å². The maximum atomic E-state index is 13.8. The second kappa shape index (κ2) is 5.02. The average Bonchev–Trinajstić information content (AvgIpc) is 2.36. The predicted molar refractivity (Wildman–Crippen MR) is 66.9 cm³/mol. The highest BCUT2D eigenvalue weighted by atomic mass is 35.5. The lowest BCUT2D eigenvalue weighted by Gasteiger charge is -2.35. The Morgan fingerprint density at radius 2 is 1.83 bits per heavy atom. The number of methoxy groups -OCH3 is 1. The van der Waals surface area contributed by atoms with Gasteiger partial charge in [0.05, 0.1) is 12.1 Å². The zero-order chi connectivity index (χ0) is 13.3. The molecule has 0 spiro atoms. The van der Waals surface area contributed by atoms with E-state index < -0.39 is 17.2 Å². The van der Waals surface area contributed by atoms with Gasteiger partial charge >= 0.3 is 0 Å². The molecule has 1 fully saturated rings. The molecule has 1 aliphatic carbocycles. The third kappa shape index (κ3) is 2.19. The van der Waals surface area contributed by atoms with Crippen molar-refractivity contribution in [3.8, 4) is 5.75 Å². The van der Waals surface area contributed by atoms with Gasteiger partial charge in [-0.25, -0.2) is 4.39 Å². The highest BCUT2D eigenvalue weighted by molar-refractivity contribution is 6.30. The van der Waals surface area contributed by atoms with Crippen LogP contribution in [0.4, 0.5) is 8.78 Å². The van der Waals surface area contributed by atoms with Crippen LogP contribution in [-0.2, 0) is 5.54 Å². The van der Waals surface area contributed by atoms with E-state index in [9.17, 15) is 8.78 Å². The molecule has 2 rings (SSSR count). The molecule has 18 heavy (non-hydrogen) atoms. The van der Waals surface area contributed by atoms with Crippen LogP contribution in [0.2, 0.25) is 5.02 Å². The van der Waals surface area contributed by atoms with Gasteiger partial charge in [-0.2, -0.15) is 4.39 Å². The Balaban J connectivity index is 2.55. The summed E-state index contributed by atoms with van der Waals surface area (Å²) in [7, 11) is 1.31. The van der Waals surface area contributed by atoms with E-state index in [1.807, 2.05) is 0 Å². The molecule has 0 amide bonds. The lowest BCUT2D eigenvalue weighted by atomic mass is 9.77. The Morgan fingerprint density at radius 3 is 2.39 bits per heavy atom. The van der Waals surface area contributed by atoms with Crippen molar-refractivity contribution >= 4 is 11.6 Å². The van der Waals surface area contributed by atoms with Crippen LogP contribution in [0.15, 0.2) is 6.07 Å². The van der Waals surface area contributed by atoms with Gasteiger partial charge in [0.15, 0.2) is 11.6 Å². The van der Waals surface area contributed by atoms with Crippen molar-refractivity contribution in [1.29, 1.82) is 0 Å². The number of benzene rings is 1. The normalized spacial score (nSPS) is 18.7. The van der Waals surface area contributed by atoms with E-state index in [4.69, 9.17) is 22.1 Å². The third-order valence-corrected chi connectivity index (χ3v) is 3.88. The van der Waals surface area contributed by atoms with E-state index in [-0.39, 0.29) is 10.8 Å². The fourth-order valence-corrected chi connectivity index (χ4v) is 2.79. The topological polar surface area (TPSA) is 35.2 Å². The summed E-state index contributed by atoms with van der Waals surface area (Å²) in [6.45, 7) is 0. The van der Waals surface area contributed by atoms with E-state index in [1.54, 1.807) is 0 Å². The molecule has 1 aliphatic rings. The van der Waals surface area contributed by atoms with Gasteiger partial charge in [0.2, 0.25) is 5.82 Å². The summed E-state index contributed by atoms with van der Waals surface area (Å²) in [6.07, 6.45) is 4.50. The molecule has 1 aromatic carbocycles. The monoisotopic (exact) mass is 275 g/mol. The molecule has 0 atom stereocenters. The fraction of sp³-hybridized carbons (Fsp3) is 0.538. The third-order valence-electron chi connectivity index (χ3n) is 3.60. The molecule has 0 radical (unpaired) electrons. The minimum atomic E-state index is -1.09. The van der Waals surface area contributed by atoms with Crippen LogP contribution in [0.5, 0.6) is 5.75 Å². The van der Waals surface area contributed by atoms with Crippen LogP contribution >= 0.6 is 11.6 Å². The molecule has 0 bridgehead atoms. The van der Waals surface area contributed by atoms with E-state index in [0.29, 0.717) is 5.56 Å². The Kier molecular flexibility index (Phi) is 3.78. The summed E-state index contributed by atoms with van der Waals surface area (Å²) in [5.74, 6) is -2.27. The van der Waals surface area contributed by atoms with Crippen LogP contribution in [0.3, 0.4) is 0 Å². The zero-order valence-corrected chi connectivity index (χ0v) is 11.0. The first-order valence-electron chi connectivity index (χ1n) is 6.00. The van der Waals surface area contributed by atoms with Crippen molar-refractivity contribution in [2.24, 2.45) is 5.73 Å². The first-order chi connectivity index (χ1) is 8.49. The first-order valence-corrected chi connectivity index (χ1v) is 6.38. The molecule has 2 N–H and O–H groups in total. The van der Waals surface area contributed by atoms with E-state index in [2.05, 4.69) is 0 Å². The summed E-state index contributed by atoms with van der Waals surface area (Å²) < 4.78 is 32.2. The predicted octanol–water partition coefficient (Wildman–Crippen LogP) is 3.74. The van der Waals surface area contributed by atoms with Crippen LogP contribution in [0, 0.1) is 11.6 Å². The van der Waals surface area contributed by atoms with E-state index in [1.165, 1.54) is 13.2 Å². The van der Waals surface area contributed by atoms with Crippen molar-refractivity contribution in [2.45, 2.75) is 37.6 Å². The van der Waals surface area contributed by atoms with Crippen molar-refractivity contribution in [3.63, 3.8) is 0 Å². The Morgan fingerprint density at radius 1 is 1.22 bits per heavy atom. The summed E-state index contributed by atoms with van der Waals surface area (Å²) in [4.78, 5) is 0. The molecule has 100 valence electrons. The number of hydrogen-bond donors (Lipinski definition) is 1. The van der Waals surface area contributed by atoms with Gasteiger partial charge in [-0.1, -0.05) is 30.9 Å². The highest BCUT2D eigenvalue weighted by Gasteiger charge is 2.35. The minimum absolute atomic E-state index is 0.124. The maximum absolute atomic E-state index is 13.8. The van der Waals surface area contributed by atoms with Gasteiger partial charge in [-0.3, -0.25) is 0 Å². The summed E-state index contributed by atoms with van der Waals surface area (Å²) >= 11 is 5.70. The van der Waals surface area contributed by atoms with Gasteiger partial charge in [0.25, 0.3) is 0 Å². The zero-order valence-electron chi connectivity index (χ0n) is 10.2. The SMILES string of the molecule is COc1c(C2(N)CCCCC2)cc(Cl)c(F)c1F. The van der Waals surface area contributed by atoms with Crippen LogP contribution in [0.1, 0.15) is 37.7 Å². The molecule has 0 aliphatic heterocycles. The number of nitrogens with two attached hydrogens (primary N) is 1. The second-order valence-electron chi connectivity index (χ2n) is 4.78. The van der Waals surface area contributed by atoms with Gasteiger partial charge in [-0.05, 0) is 18.9 Å². The molecule has 0 saturated heterocycles. The molecular formula is C13H16ClF2NO. The van der Waals surface area contributed by atoms with Gasteiger partial charge < -0.3 is 10.5 Å². The summed E-state index contributed by atoms with van der Waals surface area (Å²) in [5.41, 5.74) is 6.10. The average molecular weight is 276 g/mol. The van der Waals surface area contributed by atoms with Crippen molar-refractivity contribution in [3.05, 3.63) is 28.3 Å². The molecule has 1 aromatic rings. The Bertz CT molecular complexity index is 459. The van der Waals surface area contributed by atoms with E-state index in [0.717, 1.165) is 32.1 Å². The summed E-state index contributed by atoms with van der Waals surface area (Å²) in [6, 6.07) is 1.39. The number of ether oxygens (including phenoxy) is 1. The van der Waals surface area contributed by atoms with E-state index >= 15 is 0 Å². The lowest BCUT2D eigenvalue weighted by Crippen LogP contribution is -2.39. The van der Waals surface area contributed by atoms with Gasteiger partial charge in [0.1, 0.15) is 0 Å². The number of halogens is 3. The van der Waals surface area contributed by atoms with Crippen molar-refractivity contribution in [2.75, 3.05) is 7.11 Å². The molecule has 0 heterocycles. The molecule has 5 heteroatoms. The molecule has 2 nitrogen and oxygen atoms in total. The molecule has 0 aromatic heterocycles. The minimum Gasteiger partial charge on any atom is -0.493 e. The molecular weight excluding hydrogens is 260 g/mol. The largest absolute Gasteiger partial charge is 0.493 e. The highest BCUT2D eigenvalue weighted by Crippen LogP contribution is 2.42. The van der Waals surface area contributed by atoms with Gasteiger partial charge in [-0.15, -0.1) is 0 Å². The standard InChI is InChI=1S/C13H16ClF2NO/c1-18-12-8(7-9(14)10(15)11(12)16)13(17)5-3-2-4-6-13/h7H,2-6,17H2,1H3. The lowest BCUT2D eigenvalue weighted by molar-refractivity contribution is 0.281. The summed E-state index contributed by atoms with van der Waals surface area (Å²) in [5, 5.41) is -0.251. The fourth-order valence-electron chi connectivity index (χ4n) is 2.60. The number of hydrogen-bond acceptors (Lipinski definition) is 2.